The van der Waals surface area contributed by atoms with E-state index in [1.165, 1.54) is 0 Å². The van der Waals surface area contributed by atoms with Gasteiger partial charge in [-0.25, -0.2) is 0 Å². The van der Waals surface area contributed by atoms with E-state index in [9.17, 15) is 4.79 Å². The average Bonchev–Trinajstić information content (AvgIpc) is 2.95. The summed E-state index contributed by atoms with van der Waals surface area (Å²) >= 11 is 0. The van der Waals surface area contributed by atoms with Gasteiger partial charge in [-0.3, -0.25) is 4.79 Å². The molecular weight excluding hydrogens is 264 g/mol. The predicted molar refractivity (Wildman–Crippen MR) is 80.4 cm³/mol. The standard InChI is InChI=1S/C17H14N2O2/c1-10-14(11(2)21-18-10)9-19-15-8-4-6-12-5-3-7-13(16(12)15)17(19)20/h3-8H,9H2,1-2H3. The van der Waals surface area contributed by atoms with Crippen LogP contribution in [0, 0.1) is 13.8 Å². The Kier molecular flexibility index (Phi) is 2.42. The average molecular weight is 278 g/mol. The van der Waals surface area contributed by atoms with Crippen LogP contribution in [-0.4, -0.2) is 11.1 Å². The van der Waals surface area contributed by atoms with Gasteiger partial charge in [0.15, 0.2) is 0 Å². The largest absolute Gasteiger partial charge is 0.361 e. The van der Waals surface area contributed by atoms with Gasteiger partial charge in [-0.05, 0) is 31.4 Å². The smallest absolute Gasteiger partial charge is 0.259 e. The number of hydrogen-bond donors (Lipinski definition) is 0. The van der Waals surface area contributed by atoms with E-state index in [0.717, 1.165) is 39.0 Å². The molecule has 1 aromatic heterocycles. The summed E-state index contributed by atoms with van der Waals surface area (Å²) in [5.74, 6) is 0.810. The molecule has 4 rings (SSSR count). The molecule has 3 aromatic rings. The molecule has 1 amide bonds. The Labute approximate surface area is 122 Å². The molecule has 1 aliphatic heterocycles. The zero-order chi connectivity index (χ0) is 14.6. The minimum atomic E-state index is 0.0433. The van der Waals surface area contributed by atoms with Crippen LogP contribution in [0.5, 0.6) is 0 Å². The van der Waals surface area contributed by atoms with E-state index in [1.807, 2.05) is 55.1 Å². The third-order valence-corrected chi connectivity index (χ3v) is 4.15. The Hall–Kier alpha value is -2.62. The fraction of sp³-hybridized carbons (Fsp3) is 0.176. The number of nitrogens with zero attached hydrogens (tertiary/aromatic N) is 2. The van der Waals surface area contributed by atoms with Crippen molar-refractivity contribution in [3.63, 3.8) is 0 Å². The van der Waals surface area contributed by atoms with Gasteiger partial charge in [0.05, 0.1) is 17.9 Å². The lowest BCUT2D eigenvalue weighted by molar-refractivity contribution is 0.0991. The summed E-state index contributed by atoms with van der Waals surface area (Å²) in [6, 6.07) is 11.9. The van der Waals surface area contributed by atoms with Crippen molar-refractivity contribution in [2.75, 3.05) is 4.90 Å². The molecule has 0 radical (unpaired) electrons. The number of rotatable bonds is 2. The molecule has 0 atom stereocenters. The highest BCUT2D eigenvalue weighted by molar-refractivity contribution is 6.24. The van der Waals surface area contributed by atoms with Crippen LogP contribution in [0.3, 0.4) is 0 Å². The molecule has 0 saturated heterocycles. The first-order chi connectivity index (χ1) is 10.2. The van der Waals surface area contributed by atoms with Gasteiger partial charge in [0.1, 0.15) is 5.76 Å². The molecule has 4 heteroatoms. The van der Waals surface area contributed by atoms with Gasteiger partial charge >= 0.3 is 0 Å². The van der Waals surface area contributed by atoms with E-state index in [4.69, 9.17) is 4.52 Å². The maximum atomic E-state index is 12.7. The van der Waals surface area contributed by atoms with Gasteiger partial charge < -0.3 is 9.42 Å². The molecule has 0 bridgehead atoms. The number of benzene rings is 2. The Morgan fingerprint density at radius 1 is 1.14 bits per heavy atom. The predicted octanol–water partition coefficient (Wildman–Crippen LogP) is 3.61. The van der Waals surface area contributed by atoms with Crippen LogP contribution in [0.15, 0.2) is 40.9 Å². The number of anilines is 1. The van der Waals surface area contributed by atoms with Crippen molar-refractivity contribution >= 4 is 22.4 Å². The number of amides is 1. The van der Waals surface area contributed by atoms with Gasteiger partial charge in [-0.2, -0.15) is 0 Å². The second kappa shape index (κ2) is 4.19. The Bertz CT molecular complexity index is 855. The van der Waals surface area contributed by atoms with Crippen LogP contribution < -0.4 is 4.90 Å². The quantitative estimate of drug-likeness (QED) is 0.719. The third-order valence-electron chi connectivity index (χ3n) is 4.15. The molecule has 2 heterocycles. The molecule has 4 nitrogen and oxygen atoms in total. The highest BCUT2D eigenvalue weighted by Crippen LogP contribution is 2.38. The minimum Gasteiger partial charge on any atom is -0.361 e. The fourth-order valence-electron chi connectivity index (χ4n) is 3.02. The van der Waals surface area contributed by atoms with Crippen molar-refractivity contribution in [3.8, 4) is 0 Å². The topological polar surface area (TPSA) is 46.3 Å². The van der Waals surface area contributed by atoms with Crippen LogP contribution >= 0.6 is 0 Å². The van der Waals surface area contributed by atoms with Crippen molar-refractivity contribution in [3.05, 3.63) is 59.0 Å². The number of carbonyl (C=O) groups is 1. The van der Waals surface area contributed by atoms with E-state index in [2.05, 4.69) is 5.16 Å². The zero-order valence-corrected chi connectivity index (χ0v) is 11.9. The monoisotopic (exact) mass is 278 g/mol. The molecule has 0 fully saturated rings. The van der Waals surface area contributed by atoms with Gasteiger partial charge in [0.25, 0.3) is 5.91 Å². The number of carbonyl (C=O) groups excluding carboxylic acids is 1. The van der Waals surface area contributed by atoms with Crippen LogP contribution in [0.4, 0.5) is 5.69 Å². The normalized spacial score (nSPS) is 13.4. The Morgan fingerprint density at radius 3 is 2.62 bits per heavy atom. The second-order valence-corrected chi connectivity index (χ2v) is 5.37. The van der Waals surface area contributed by atoms with Crippen molar-refractivity contribution in [1.29, 1.82) is 0 Å². The van der Waals surface area contributed by atoms with E-state index >= 15 is 0 Å². The highest BCUT2D eigenvalue weighted by atomic mass is 16.5. The maximum absolute atomic E-state index is 12.7. The van der Waals surface area contributed by atoms with E-state index in [1.54, 1.807) is 0 Å². The zero-order valence-electron chi connectivity index (χ0n) is 11.9. The summed E-state index contributed by atoms with van der Waals surface area (Å²) in [6.07, 6.45) is 0. The summed E-state index contributed by atoms with van der Waals surface area (Å²) in [4.78, 5) is 14.5. The molecule has 0 unspecified atom stereocenters. The molecule has 0 saturated carbocycles. The van der Waals surface area contributed by atoms with Gasteiger partial charge in [-0.1, -0.05) is 29.4 Å². The van der Waals surface area contributed by atoms with Gasteiger partial charge in [0, 0.05) is 16.5 Å². The molecule has 1 aliphatic rings. The molecule has 21 heavy (non-hydrogen) atoms. The molecule has 0 N–H and O–H groups in total. The van der Waals surface area contributed by atoms with Crippen LogP contribution in [0.25, 0.3) is 10.8 Å². The van der Waals surface area contributed by atoms with E-state index in [-0.39, 0.29) is 5.91 Å². The molecule has 0 aliphatic carbocycles. The summed E-state index contributed by atoms with van der Waals surface area (Å²) in [7, 11) is 0. The van der Waals surface area contributed by atoms with E-state index < -0.39 is 0 Å². The maximum Gasteiger partial charge on any atom is 0.259 e. The van der Waals surface area contributed by atoms with Gasteiger partial charge in [0.2, 0.25) is 0 Å². The van der Waals surface area contributed by atoms with Crippen molar-refractivity contribution in [2.24, 2.45) is 0 Å². The minimum absolute atomic E-state index is 0.0433. The van der Waals surface area contributed by atoms with Crippen molar-refractivity contribution < 1.29 is 9.32 Å². The Morgan fingerprint density at radius 2 is 1.90 bits per heavy atom. The lowest BCUT2D eigenvalue weighted by atomic mass is 10.1. The summed E-state index contributed by atoms with van der Waals surface area (Å²) in [5, 5.41) is 6.10. The van der Waals surface area contributed by atoms with Crippen LogP contribution in [-0.2, 0) is 6.54 Å². The lowest BCUT2D eigenvalue weighted by Gasteiger charge is -2.17. The summed E-state index contributed by atoms with van der Waals surface area (Å²) in [5.41, 5.74) is 3.56. The molecule has 104 valence electrons. The second-order valence-electron chi connectivity index (χ2n) is 5.37. The molecule has 2 aromatic carbocycles. The van der Waals surface area contributed by atoms with Crippen LogP contribution in [0.1, 0.15) is 27.4 Å². The fourth-order valence-corrected chi connectivity index (χ4v) is 3.02. The SMILES string of the molecule is Cc1noc(C)c1CN1C(=O)c2cccc3cccc1c23. The van der Waals surface area contributed by atoms with Crippen molar-refractivity contribution in [2.45, 2.75) is 20.4 Å². The Balaban J connectivity index is 1.86. The first kappa shape index (κ1) is 12.1. The van der Waals surface area contributed by atoms with Gasteiger partial charge in [-0.15, -0.1) is 0 Å². The number of aryl methyl sites for hydroxylation is 2. The summed E-state index contributed by atoms with van der Waals surface area (Å²) < 4.78 is 5.20. The lowest BCUT2D eigenvalue weighted by Crippen LogP contribution is -2.26. The number of hydrogen-bond acceptors (Lipinski definition) is 3. The first-order valence-electron chi connectivity index (χ1n) is 6.92. The van der Waals surface area contributed by atoms with Crippen molar-refractivity contribution in [1.82, 2.24) is 5.16 Å². The molecule has 0 spiro atoms. The molecular formula is C17H14N2O2. The first-order valence-corrected chi connectivity index (χ1v) is 6.92. The van der Waals surface area contributed by atoms with Crippen LogP contribution in [0.2, 0.25) is 0 Å². The number of aromatic nitrogens is 1. The van der Waals surface area contributed by atoms with E-state index in [0.29, 0.717) is 6.54 Å². The highest BCUT2D eigenvalue weighted by Gasteiger charge is 2.30. The summed E-state index contributed by atoms with van der Waals surface area (Å²) in [6.45, 7) is 4.28. The third kappa shape index (κ3) is 1.62.